The maximum Gasteiger partial charge on any atom is 0.274 e. The van der Waals surface area contributed by atoms with Crippen LogP contribution in [0.2, 0.25) is 0 Å². The number of benzene rings is 2. The van der Waals surface area contributed by atoms with E-state index in [1.165, 1.54) is 5.56 Å². The molecule has 6 heteroatoms. The lowest BCUT2D eigenvalue weighted by Gasteiger charge is -2.23. The van der Waals surface area contributed by atoms with Gasteiger partial charge in [0.05, 0.1) is 19.9 Å². The SMILES string of the molecule is CCN(Cc1ccccc1)c1ccnc(C(=O)Nc2cc(OC)ccc2OC)c1. The zero-order chi connectivity index (χ0) is 20.6. The standard InChI is InChI=1S/C23H25N3O3/c1-4-26(16-17-8-6-5-7-9-17)18-12-13-24-21(14-18)23(27)25-20-15-19(28-2)10-11-22(20)29-3/h5-15H,4,16H2,1-3H3,(H,25,27). The summed E-state index contributed by atoms with van der Waals surface area (Å²) in [6.45, 7) is 3.65. The van der Waals surface area contributed by atoms with Gasteiger partial charge >= 0.3 is 0 Å². The molecule has 0 bridgehead atoms. The van der Waals surface area contributed by atoms with E-state index in [0.717, 1.165) is 18.8 Å². The van der Waals surface area contributed by atoms with Crippen LogP contribution in [0.3, 0.4) is 0 Å². The molecule has 0 atom stereocenters. The molecule has 0 aliphatic carbocycles. The molecule has 3 rings (SSSR count). The number of hydrogen-bond donors (Lipinski definition) is 1. The molecule has 3 aromatic rings. The fourth-order valence-electron chi connectivity index (χ4n) is 3.03. The quantitative estimate of drug-likeness (QED) is 0.617. The van der Waals surface area contributed by atoms with E-state index in [0.29, 0.717) is 22.9 Å². The summed E-state index contributed by atoms with van der Waals surface area (Å²) >= 11 is 0. The Morgan fingerprint density at radius 2 is 1.83 bits per heavy atom. The van der Waals surface area contributed by atoms with Crippen molar-refractivity contribution in [3.05, 3.63) is 78.1 Å². The van der Waals surface area contributed by atoms with Crippen molar-refractivity contribution in [3.8, 4) is 11.5 Å². The largest absolute Gasteiger partial charge is 0.497 e. The van der Waals surface area contributed by atoms with E-state index in [9.17, 15) is 4.79 Å². The van der Waals surface area contributed by atoms with Crippen molar-refractivity contribution in [2.75, 3.05) is 31.0 Å². The number of amides is 1. The second kappa shape index (κ2) is 9.59. The number of nitrogens with zero attached hydrogens (tertiary/aromatic N) is 2. The molecule has 1 aromatic heterocycles. The van der Waals surface area contributed by atoms with E-state index in [1.807, 2.05) is 24.3 Å². The number of nitrogens with one attached hydrogen (secondary N) is 1. The summed E-state index contributed by atoms with van der Waals surface area (Å²) in [7, 11) is 3.13. The summed E-state index contributed by atoms with van der Waals surface area (Å²) in [5.74, 6) is 0.867. The predicted molar refractivity (Wildman–Crippen MR) is 115 cm³/mol. The third-order valence-corrected chi connectivity index (χ3v) is 4.59. The first-order valence-corrected chi connectivity index (χ1v) is 9.43. The van der Waals surface area contributed by atoms with Crippen LogP contribution in [0, 0.1) is 0 Å². The zero-order valence-electron chi connectivity index (χ0n) is 16.9. The molecule has 2 aromatic carbocycles. The van der Waals surface area contributed by atoms with Crippen molar-refractivity contribution in [2.45, 2.75) is 13.5 Å². The lowest BCUT2D eigenvalue weighted by Crippen LogP contribution is -2.23. The van der Waals surface area contributed by atoms with Crippen LogP contribution in [0.1, 0.15) is 23.0 Å². The minimum absolute atomic E-state index is 0.311. The highest BCUT2D eigenvalue weighted by atomic mass is 16.5. The molecule has 0 aliphatic rings. The molecule has 29 heavy (non-hydrogen) atoms. The molecule has 0 fully saturated rings. The molecule has 6 nitrogen and oxygen atoms in total. The highest BCUT2D eigenvalue weighted by Gasteiger charge is 2.14. The summed E-state index contributed by atoms with van der Waals surface area (Å²) < 4.78 is 10.6. The summed E-state index contributed by atoms with van der Waals surface area (Å²) in [4.78, 5) is 19.3. The first-order valence-electron chi connectivity index (χ1n) is 9.43. The van der Waals surface area contributed by atoms with Gasteiger partial charge in [-0.2, -0.15) is 0 Å². The first-order chi connectivity index (χ1) is 14.1. The lowest BCUT2D eigenvalue weighted by molar-refractivity contribution is 0.102. The number of pyridine rings is 1. The smallest absolute Gasteiger partial charge is 0.274 e. The highest BCUT2D eigenvalue weighted by molar-refractivity contribution is 6.04. The fourth-order valence-corrected chi connectivity index (χ4v) is 3.03. The molecule has 0 saturated carbocycles. The van der Waals surface area contributed by atoms with Gasteiger partial charge in [0.25, 0.3) is 5.91 Å². The Hall–Kier alpha value is -3.54. The maximum absolute atomic E-state index is 12.8. The molecule has 0 aliphatic heterocycles. The third kappa shape index (κ3) is 5.04. The second-order valence-electron chi connectivity index (χ2n) is 6.42. The van der Waals surface area contributed by atoms with Crippen LogP contribution in [0.5, 0.6) is 11.5 Å². The maximum atomic E-state index is 12.8. The molecule has 0 radical (unpaired) electrons. The van der Waals surface area contributed by atoms with Crippen molar-refractivity contribution >= 4 is 17.3 Å². The molecular formula is C23H25N3O3. The van der Waals surface area contributed by atoms with Crippen LogP contribution in [-0.2, 0) is 6.54 Å². The normalized spacial score (nSPS) is 10.3. The number of carbonyl (C=O) groups is 1. The Labute approximate surface area is 171 Å². The molecule has 0 spiro atoms. The summed E-state index contributed by atoms with van der Waals surface area (Å²) in [6.07, 6.45) is 1.65. The van der Waals surface area contributed by atoms with Gasteiger partial charge in [0.1, 0.15) is 17.2 Å². The van der Waals surface area contributed by atoms with Gasteiger partial charge in [-0.25, -0.2) is 0 Å². The Morgan fingerprint density at radius 3 is 2.52 bits per heavy atom. The van der Waals surface area contributed by atoms with Gasteiger partial charge in [-0.15, -0.1) is 0 Å². The number of hydrogen-bond acceptors (Lipinski definition) is 5. The number of methoxy groups -OCH3 is 2. The average Bonchev–Trinajstić information content (AvgIpc) is 2.78. The Bertz CT molecular complexity index is 961. The van der Waals surface area contributed by atoms with Crippen LogP contribution in [-0.4, -0.2) is 31.7 Å². The average molecular weight is 391 g/mol. The van der Waals surface area contributed by atoms with Crippen molar-refractivity contribution in [3.63, 3.8) is 0 Å². The van der Waals surface area contributed by atoms with Crippen LogP contribution in [0.25, 0.3) is 0 Å². The summed E-state index contributed by atoms with van der Waals surface area (Å²) in [5.41, 5.74) is 3.01. The predicted octanol–water partition coefficient (Wildman–Crippen LogP) is 4.38. The van der Waals surface area contributed by atoms with Gasteiger partial charge in [0.2, 0.25) is 0 Å². The van der Waals surface area contributed by atoms with E-state index in [1.54, 1.807) is 44.7 Å². The molecule has 150 valence electrons. The molecule has 0 saturated heterocycles. The third-order valence-electron chi connectivity index (χ3n) is 4.59. The first kappa shape index (κ1) is 20.2. The number of anilines is 2. The van der Waals surface area contributed by atoms with Crippen molar-refractivity contribution < 1.29 is 14.3 Å². The minimum Gasteiger partial charge on any atom is -0.497 e. The van der Waals surface area contributed by atoms with Gasteiger partial charge in [0, 0.05) is 31.0 Å². The molecule has 1 heterocycles. The van der Waals surface area contributed by atoms with Crippen molar-refractivity contribution in [1.82, 2.24) is 4.98 Å². The number of aromatic nitrogens is 1. The number of carbonyl (C=O) groups excluding carboxylic acids is 1. The van der Waals surface area contributed by atoms with Crippen LogP contribution in [0.15, 0.2) is 66.9 Å². The van der Waals surface area contributed by atoms with Crippen molar-refractivity contribution in [2.24, 2.45) is 0 Å². The number of rotatable bonds is 8. The van der Waals surface area contributed by atoms with Gasteiger partial charge in [-0.3, -0.25) is 9.78 Å². The molecular weight excluding hydrogens is 366 g/mol. The highest BCUT2D eigenvalue weighted by Crippen LogP contribution is 2.29. The van der Waals surface area contributed by atoms with Gasteiger partial charge in [0.15, 0.2) is 0 Å². The second-order valence-corrected chi connectivity index (χ2v) is 6.42. The van der Waals surface area contributed by atoms with Crippen LogP contribution >= 0.6 is 0 Å². The Morgan fingerprint density at radius 1 is 1.03 bits per heavy atom. The van der Waals surface area contributed by atoms with Crippen LogP contribution in [0.4, 0.5) is 11.4 Å². The van der Waals surface area contributed by atoms with Gasteiger partial charge < -0.3 is 19.7 Å². The van der Waals surface area contributed by atoms with E-state index >= 15 is 0 Å². The van der Waals surface area contributed by atoms with E-state index in [4.69, 9.17) is 9.47 Å². The van der Waals surface area contributed by atoms with Crippen LogP contribution < -0.4 is 19.7 Å². The Balaban J connectivity index is 1.80. The molecule has 0 unspecified atom stereocenters. The summed E-state index contributed by atoms with van der Waals surface area (Å²) in [6, 6.07) is 19.2. The fraction of sp³-hybridized carbons (Fsp3) is 0.217. The van der Waals surface area contributed by atoms with E-state index < -0.39 is 0 Å². The van der Waals surface area contributed by atoms with E-state index in [-0.39, 0.29) is 5.91 Å². The molecule has 1 amide bonds. The van der Waals surface area contributed by atoms with Crippen molar-refractivity contribution in [1.29, 1.82) is 0 Å². The Kier molecular flexibility index (Phi) is 6.68. The topological polar surface area (TPSA) is 63.7 Å². The number of ether oxygens (including phenoxy) is 2. The monoisotopic (exact) mass is 391 g/mol. The molecule has 1 N–H and O–H groups in total. The minimum atomic E-state index is -0.311. The summed E-state index contributed by atoms with van der Waals surface area (Å²) in [5, 5.41) is 2.86. The van der Waals surface area contributed by atoms with Gasteiger partial charge in [-0.1, -0.05) is 30.3 Å². The van der Waals surface area contributed by atoms with E-state index in [2.05, 4.69) is 34.3 Å². The zero-order valence-corrected chi connectivity index (χ0v) is 16.9. The lowest BCUT2D eigenvalue weighted by atomic mass is 10.2. The van der Waals surface area contributed by atoms with Gasteiger partial charge in [-0.05, 0) is 36.8 Å².